The van der Waals surface area contributed by atoms with E-state index in [4.69, 9.17) is 11.6 Å². The van der Waals surface area contributed by atoms with Crippen LogP contribution in [0.3, 0.4) is 0 Å². The number of hydrogen-bond acceptors (Lipinski definition) is 4. The standard InChI is InChI=1S/C13H18ClN3S/c1-4-9-7-10-11(14)16-13(17-12(10)18-9)15-6-5-8(2)3/h7-8H,4-6H2,1-3H3,(H,15,16,17). The molecule has 0 atom stereocenters. The van der Waals surface area contributed by atoms with E-state index in [1.54, 1.807) is 11.3 Å². The smallest absolute Gasteiger partial charge is 0.225 e. The molecule has 0 fully saturated rings. The molecule has 0 aliphatic rings. The van der Waals surface area contributed by atoms with Crippen molar-refractivity contribution in [1.82, 2.24) is 9.97 Å². The van der Waals surface area contributed by atoms with E-state index in [-0.39, 0.29) is 0 Å². The molecule has 2 heterocycles. The lowest BCUT2D eigenvalue weighted by Gasteiger charge is -2.07. The van der Waals surface area contributed by atoms with E-state index in [9.17, 15) is 0 Å². The van der Waals surface area contributed by atoms with Crippen LogP contribution in [-0.4, -0.2) is 16.5 Å². The Balaban J connectivity index is 2.19. The van der Waals surface area contributed by atoms with E-state index in [0.717, 1.165) is 29.6 Å². The van der Waals surface area contributed by atoms with E-state index in [2.05, 4.69) is 42.1 Å². The predicted octanol–water partition coefficient (Wildman–Crippen LogP) is 4.37. The van der Waals surface area contributed by atoms with Crippen molar-refractivity contribution in [1.29, 1.82) is 0 Å². The summed E-state index contributed by atoms with van der Waals surface area (Å²) in [7, 11) is 0. The van der Waals surface area contributed by atoms with Gasteiger partial charge in [0.2, 0.25) is 5.95 Å². The summed E-state index contributed by atoms with van der Waals surface area (Å²) in [5, 5.41) is 4.75. The van der Waals surface area contributed by atoms with Gasteiger partial charge in [0.25, 0.3) is 0 Å². The van der Waals surface area contributed by atoms with Crippen LogP contribution in [0.5, 0.6) is 0 Å². The predicted molar refractivity (Wildman–Crippen MR) is 79.7 cm³/mol. The number of nitrogens with one attached hydrogen (secondary N) is 1. The summed E-state index contributed by atoms with van der Waals surface area (Å²) in [6.45, 7) is 7.41. The molecule has 2 aromatic rings. The highest BCUT2D eigenvalue weighted by atomic mass is 35.5. The third-order valence-electron chi connectivity index (χ3n) is 2.75. The monoisotopic (exact) mass is 283 g/mol. The molecule has 5 heteroatoms. The zero-order valence-corrected chi connectivity index (χ0v) is 12.5. The van der Waals surface area contributed by atoms with Crippen molar-refractivity contribution in [3.63, 3.8) is 0 Å². The fourth-order valence-electron chi connectivity index (χ4n) is 1.66. The van der Waals surface area contributed by atoms with Gasteiger partial charge in [-0.3, -0.25) is 0 Å². The molecule has 2 aromatic heterocycles. The average Bonchev–Trinajstić information content (AvgIpc) is 2.72. The lowest BCUT2D eigenvalue weighted by atomic mass is 10.1. The molecule has 0 saturated heterocycles. The zero-order chi connectivity index (χ0) is 13.1. The minimum atomic E-state index is 0.544. The summed E-state index contributed by atoms with van der Waals surface area (Å²) < 4.78 is 0. The van der Waals surface area contributed by atoms with E-state index >= 15 is 0 Å². The van der Waals surface area contributed by atoms with Crippen LogP contribution in [0, 0.1) is 5.92 Å². The van der Waals surface area contributed by atoms with Crippen molar-refractivity contribution >= 4 is 39.1 Å². The van der Waals surface area contributed by atoms with Crippen LogP contribution in [0.15, 0.2) is 6.07 Å². The van der Waals surface area contributed by atoms with Gasteiger partial charge in [0, 0.05) is 16.8 Å². The maximum Gasteiger partial charge on any atom is 0.225 e. The van der Waals surface area contributed by atoms with Gasteiger partial charge < -0.3 is 5.32 Å². The Morgan fingerprint density at radius 2 is 2.17 bits per heavy atom. The molecule has 1 N–H and O–H groups in total. The highest BCUT2D eigenvalue weighted by Crippen LogP contribution is 2.29. The molecule has 0 saturated carbocycles. The molecular formula is C13H18ClN3S. The molecule has 0 radical (unpaired) electrons. The van der Waals surface area contributed by atoms with Crippen LogP contribution < -0.4 is 5.32 Å². The normalized spacial score (nSPS) is 11.4. The summed E-state index contributed by atoms with van der Waals surface area (Å²) in [4.78, 5) is 11.1. The lowest BCUT2D eigenvalue weighted by molar-refractivity contribution is 0.606. The van der Waals surface area contributed by atoms with Crippen molar-refractivity contribution in [2.45, 2.75) is 33.6 Å². The van der Waals surface area contributed by atoms with Crippen LogP contribution >= 0.6 is 22.9 Å². The number of thiophene rings is 1. The first kappa shape index (κ1) is 13.6. The Kier molecular flexibility index (Phi) is 4.40. The highest BCUT2D eigenvalue weighted by Gasteiger charge is 2.09. The molecule has 0 spiro atoms. The average molecular weight is 284 g/mol. The molecule has 98 valence electrons. The third-order valence-corrected chi connectivity index (χ3v) is 4.21. The third kappa shape index (κ3) is 3.12. The summed E-state index contributed by atoms with van der Waals surface area (Å²) in [6.07, 6.45) is 2.11. The van der Waals surface area contributed by atoms with Crippen molar-refractivity contribution in [3.8, 4) is 0 Å². The van der Waals surface area contributed by atoms with Gasteiger partial charge in [-0.2, -0.15) is 0 Å². The number of halogens is 1. The molecule has 2 rings (SSSR count). The molecular weight excluding hydrogens is 266 g/mol. The number of nitrogens with zero attached hydrogens (tertiary/aromatic N) is 2. The Morgan fingerprint density at radius 3 is 2.83 bits per heavy atom. The number of fused-ring (bicyclic) bond motifs is 1. The molecule has 0 aromatic carbocycles. The minimum Gasteiger partial charge on any atom is -0.354 e. The second-order valence-corrected chi connectivity index (χ2v) is 6.21. The van der Waals surface area contributed by atoms with E-state index in [0.29, 0.717) is 17.0 Å². The Morgan fingerprint density at radius 1 is 1.39 bits per heavy atom. The molecule has 0 bridgehead atoms. The largest absolute Gasteiger partial charge is 0.354 e. The number of hydrogen-bond donors (Lipinski definition) is 1. The van der Waals surface area contributed by atoms with Gasteiger partial charge in [-0.15, -0.1) is 11.3 Å². The van der Waals surface area contributed by atoms with Gasteiger partial charge in [-0.25, -0.2) is 9.97 Å². The van der Waals surface area contributed by atoms with Gasteiger partial charge in [-0.1, -0.05) is 32.4 Å². The molecule has 0 aliphatic carbocycles. The molecule has 0 unspecified atom stereocenters. The lowest BCUT2D eigenvalue weighted by Crippen LogP contribution is -2.07. The molecule has 3 nitrogen and oxygen atoms in total. The zero-order valence-electron chi connectivity index (χ0n) is 11.0. The number of anilines is 1. The fourth-order valence-corrected chi connectivity index (χ4v) is 2.91. The molecule has 0 aliphatic heterocycles. The first-order chi connectivity index (χ1) is 8.60. The van der Waals surface area contributed by atoms with Crippen LogP contribution in [0.4, 0.5) is 5.95 Å². The van der Waals surface area contributed by atoms with Crippen molar-refractivity contribution in [2.75, 3.05) is 11.9 Å². The minimum absolute atomic E-state index is 0.544. The van der Waals surface area contributed by atoms with E-state index < -0.39 is 0 Å². The summed E-state index contributed by atoms with van der Waals surface area (Å²) >= 11 is 7.88. The molecule has 0 amide bonds. The Bertz CT molecular complexity index is 536. The first-order valence-corrected chi connectivity index (χ1v) is 7.49. The van der Waals surface area contributed by atoms with Crippen LogP contribution in [0.25, 0.3) is 10.2 Å². The quantitative estimate of drug-likeness (QED) is 0.828. The van der Waals surface area contributed by atoms with Crippen molar-refractivity contribution < 1.29 is 0 Å². The van der Waals surface area contributed by atoms with Crippen LogP contribution in [-0.2, 0) is 6.42 Å². The highest BCUT2D eigenvalue weighted by molar-refractivity contribution is 7.18. The maximum atomic E-state index is 6.19. The van der Waals surface area contributed by atoms with Crippen LogP contribution in [0.1, 0.15) is 32.1 Å². The van der Waals surface area contributed by atoms with Crippen molar-refractivity contribution in [2.24, 2.45) is 5.92 Å². The fraction of sp³-hybridized carbons (Fsp3) is 0.538. The van der Waals surface area contributed by atoms with Gasteiger partial charge in [0.15, 0.2) is 0 Å². The Hall–Kier alpha value is -0.870. The SMILES string of the molecule is CCc1cc2c(Cl)nc(NCCC(C)C)nc2s1. The number of rotatable bonds is 5. The van der Waals surface area contributed by atoms with Crippen molar-refractivity contribution in [3.05, 3.63) is 16.1 Å². The summed E-state index contributed by atoms with van der Waals surface area (Å²) in [5.74, 6) is 1.31. The summed E-state index contributed by atoms with van der Waals surface area (Å²) in [6, 6.07) is 2.08. The van der Waals surface area contributed by atoms with Crippen LogP contribution in [0.2, 0.25) is 5.15 Å². The van der Waals surface area contributed by atoms with E-state index in [1.165, 1.54) is 4.88 Å². The summed E-state index contributed by atoms with van der Waals surface area (Å²) in [5.41, 5.74) is 0. The number of aromatic nitrogens is 2. The van der Waals surface area contributed by atoms with Gasteiger partial charge in [-0.05, 0) is 24.8 Å². The van der Waals surface area contributed by atoms with Gasteiger partial charge in [0.05, 0.1) is 0 Å². The Labute approximate surface area is 117 Å². The topological polar surface area (TPSA) is 37.8 Å². The van der Waals surface area contributed by atoms with Gasteiger partial charge in [0.1, 0.15) is 9.98 Å². The number of aryl methyl sites for hydroxylation is 1. The molecule has 18 heavy (non-hydrogen) atoms. The second-order valence-electron chi connectivity index (χ2n) is 4.73. The van der Waals surface area contributed by atoms with E-state index in [1.807, 2.05) is 0 Å². The van der Waals surface area contributed by atoms with Gasteiger partial charge >= 0.3 is 0 Å². The first-order valence-electron chi connectivity index (χ1n) is 6.30. The second kappa shape index (κ2) is 5.85. The maximum absolute atomic E-state index is 6.19.